The summed E-state index contributed by atoms with van der Waals surface area (Å²) in [4.78, 5) is 16.8. The molecule has 23 heavy (non-hydrogen) atoms. The summed E-state index contributed by atoms with van der Waals surface area (Å²) in [6, 6.07) is 8.84. The number of hydrogen-bond donors (Lipinski definition) is 1. The first-order chi connectivity index (χ1) is 11.3. The normalized spacial score (nSPS) is 23.0. The van der Waals surface area contributed by atoms with Gasteiger partial charge in [0.05, 0.1) is 0 Å². The number of aryl methyl sites for hydroxylation is 2. The minimum Gasteiger partial charge on any atom is -0.352 e. The standard InChI is InChI=1S/C19H23N3O/c23-19(21-16-8-9-18-20-10-11-22(18)13-16)12-15-6-3-5-14-4-1-2-7-17(14)15/h1-2,4,7,10-11,15-16H,3,5-6,8-9,12-13H2,(H,21,23)/t15-,16-/m0/s1. The number of carbonyl (C=O) groups is 1. The van der Waals surface area contributed by atoms with Gasteiger partial charge in [0.1, 0.15) is 5.82 Å². The molecule has 0 radical (unpaired) electrons. The predicted octanol–water partition coefficient (Wildman–Crippen LogP) is 2.82. The van der Waals surface area contributed by atoms with Crippen LogP contribution in [-0.2, 0) is 24.2 Å². The third-order valence-electron chi connectivity index (χ3n) is 5.23. The molecule has 1 aromatic heterocycles. The van der Waals surface area contributed by atoms with Crippen LogP contribution in [0.2, 0.25) is 0 Å². The van der Waals surface area contributed by atoms with Crippen LogP contribution in [-0.4, -0.2) is 21.5 Å². The molecule has 0 bridgehead atoms. The van der Waals surface area contributed by atoms with Gasteiger partial charge < -0.3 is 9.88 Å². The highest BCUT2D eigenvalue weighted by Crippen LogP contribution is 2.33. The Bertz CT molecular complexity index is 706. The second-order valence-corrected chi connectivity index (χ2v) is 6.79. The molecule has 1 aliphatic carbocycles. The number of aromatic nitrogens is 2. The number of fused-ring (bicyclic) bond motifs is 2. The second-order valence-electron chi connectivity index (χ2n) is 6.79. The van der Waals surface area contributed by atoms with Crippen molar-refractivity contribution in [2.45, 2.75) is 57.0 Å². The van der Waals surface area contributed by atoms with Crippen molar-refractivity contribution in [3.63, 3.8) is 0 Å². The molecule has 2 atom stereocenters. The van der Waals surface area contributed by atoms with Crippen molar-refractivity contribution >= 4 is 5.91 Å². The van der Waals surface area contributed by atoms with Crippen molar-refractivity contribution in [1.82, 2.24) is 14.9 Å². The van der Waals surface area contributed by atoms with E-state index in [1.54, 1.807) is 0 Å². The summed E-state index contributed by atoms with van der Waals surface area (Å²) in [5.41, 5.74) is 2.81. The smallest absolute Gasteiger partial charge is 0.220 e. The fraction of sp³-hybridized carbons (Fsp3) is 0.474. The summed E-state index contributed by atoms with van der Waals surface area (Å²) in [5.74, 6) is 1.71. The monoisotopic (exact) mass is 309 g/mol. The molecule has 4 rings (SSSR count). The van der Waals surface area contributed by atoms with Crippen LogP contribution in [0, 0.1) is 0 Å². The summed E-state index contributed by atoms with van der Waals surface area (Å²) in [6.07, 6.45) is 9.87. The van der Waals surface area contributed by atoms with Crippen LogP contribution < -0.4 is 5.32 Å². The minimum absolute atomic E-state index is 0.195. The third-order valence-corrected chi connectivity index (χ3v) is 5.23. The molecule has 0 saturated carbocycles. The highest BCUT2D eigenvalue weighted by atomic mass is 16.1. The first-order valence-corrected chi connectivity index (χ1v) is 8.67. The van der Waals surface area contributed by atoms with Crippen molar-refractivity contribution in [1.29, 1.82) is 0 Å². The largest absolute Gasteiger partial charge is 0.352 e. The van der Waals surface area contributed by atoms with E-state index in [-0.39, 0.29) is 11.9 Å². The fourth-order valence-electron chi connectivity index (χ4n) is 4.06. The van der Waals surface area contributed by atoms with Crippen molar-refractivity contribution in [2.24, 2.45) is 0 Å². The first-order valence-electron chi connectivity index (χ1n) is 8.67. The van der Waals surface area contributed by atoms with Crippen LogP contribution in [0.15, 0.2) is 36.7 Å². The lowest BCUT2D eigenvalue weighted by atomic mass is 9.81. The number of benzene rings is 1. The Balaban J connectivity index is 1.38. The number of hydrogen-bond acceptors (Lipinski definition) is 2. The van der Waals surface area contributed by atoms with Gasteiger partial charge in [-0.2, -0.15) is 0 Å². The molecule has 120 valence electrons. The Morgan fingerprint density at radius 3 is 3.13 bits per heavy atom. The van der Waals surface area contributed by atoms with Gasteiger partial charge in [0.25, 0.3) is 0 Å². The molecule has 1 aliphatic heterocycles. The summed E-state index contributed by atoms with van der Waals surface area (Å²) < 4.78 is 2.16. The van der Waals surface area contributed by atoms with Crippen LogP contribution >= 0.6 is 0 Å². The van der Waals surface area contributed by atoms with E-state index in [1.165, 1.54) is 17.5 Å². The average molecular weight is 309 g/mol. The molecule has 1 amide bonds. The molecule has 1 N–H and O–H groups in total. The van der Waals surface area contributed by atoms with Crippen LogP contribution in [0.5, 0.6) is 0 Å². The lowest BCUT2D eigenvalue weighted by Crippen LogP contribution is -2.41. The lowest BCUT2D eigenvalue weighted by molar-refractivity contribution is -0.122. The maximum atomic E-state index is 12.5. The zero-order valence-electron chi connectivity index (χ0n) is 13.4. The highest BCUT2D eigenvalue weighted by Gasteiger charge is 2.25. The number of nitrogens with one attached hydrogen (secondary N) is 1. The van der Waals surface area contributed by atoms with E-state index in [1.807, 2.05) is 12.4 Å². The molecule has 0 saturated heterocycles. The summed E-state index contributed by atoms with van der Waals surface area (Å²) in [5, 5.41) is 3.24. The molecule has 0 fully saturated rings. The third kappa shape index (κ3) is 3.03. The van der Waals surface area contributed by atoms with E-state index in [4.69, 9.17) is 0 Å². The Labute approximate surface area is 136 Å². The Morgan fingerprint density at radius 2 is 2.17 bits per heavy atom. The minimum atomic E-state index is 0.195. The van der Waals surface area contributed by atoms with E-state index in [0.717, 1.165) is 38.1 Å². The topological polar surface area (TPSA) is 46.9 Å². The Hall–Kier alpha value is -2.10. The summed E-state index contributed by atoms with van der Waals surface area (Å²) in [7, 11) is 0. The zero-order valence-corrected chi connectivity index (χ0v) is 13.4. The Morgan fingerprint density at radius 1 is 1.26 bits per heavy atom. The number of imidazole rings is 1. The van der Waals surface area contributed by atoms with Crippen molar-refractivity contribution in [2.75, 3.05) is 0 Å². The zero-order chi connectivity index (χ0) is 15.6. The van der Waals surface area contributed by atoms with E-state index >= 15 is 0 Å². The van der Waals surface area contributed by atoms with Gasteiger partial charge in [-0.1, -0.05) is 24.3 Å². The fourth-order valence-corrected chi connectivity index (χ4v) is 4.06. The molecular weight excluding hydrogens is 286 g/mol. The number of carbonyl (C=O) groups excluding carboxylic acids is 1. The van der Waals surface area contributed by atoms with Crippen molar-refractivity contribution in [3.8, 4) is 0 Å². The highest BCUT2D eigenvalue weighted by molar-refractivity contribution is 5.77. The van der Waals surface area contributed by atoms with Crippen LogP contribution in [0.4, 0.5) is 0 Å². The van der Waals surface area contributed by atoms with Gasteiger partial charge in [-0.05, 0) is 42.7 Å². The van der Waals surface area contributed by atoms with E-state index in [0.29, 0.717) is 12.3 Å². The molecule has 4 nitrogen and oxygen atoms in total. The molecule has 4 heteroatoms. The molecule has 1 aromatic carbocycles. The van der Waals surface area contributed by atoms with Crippen LogP contribution in [0.25, 0.3) is 0 Å². The molecule has 2 heterocycles. The number of amides is 1. The molecule has 2 aromatic rings. The molecule has 0 spiro atoms. The maximum absolute atomic E-state index is 12.5. The van der Waals surface area contributed by atoms with E-state index < -0.39 is 0 Å². The summed E-state index contributed by atoms with van der Waals surface area (Å²) in [6.45, 7) is 0.850. The lowest BCUT2D eigenvalue weighted by Gasteiger charge is -2.28. The number of nitrogens with zero attached hydrogens (tertiary/aromatic N) is 2. The van der Waals surface area contributed by atoms with Gasteiger partial charge in [-0.3, -0.25) is 4.79 Å². The van der Waals surface area contributed by atoms with Crippen molar-refractivity contribution in [3.05, 3.63) is 53.6 Å². The van der Waals surface area contributed by atoms with Gasteiger partial charge >= 0.3 is 0 Å². The Kier molecular flexibility index (Phi) is 3.90. The average Bonchev–Trinajstić information content (AvgIpc) is 3.03. The predicted molar refractivity (Wildman–Crippen MR) is 89.2 cm³/mol. The van der Waals surface area contributed by atoms with Crippen molar-refractivity contribution < 1.29 is 4.79 Å². The van der Waals surface area contributed by atoms with Gasteiger partial charge in [0.2, 0.25) is 5.91 Å². The van der Waals surface area contributed by atoms with Gasteiger partial charge in [0, 0.05) is 37.8 Å². The molecule has 2 aliphatic rings. The van der Waals surface area contributed by atoms with Crippen LogP contribution in [0.1, 0.15) is 48.6 Å². The van der Waals surface area contributed by atoms with E-state index in [2.05, 4.69) is 39.1 Å². The SMILES string of the molecule is O=C(C[C@@H]1CCCc2ccccc21)N[C@H]1CCc2nccn2C1. The van der Waals surface area contributed by atoms with Gasteiger partial charge in [-0.25, -0.2) is 4.98 Å². The second kappa shape index (κ2) is 6.19. The first kappa shape index (κ1) is 14.5. The quantitative estimate of drug-likeness (QED) is 0.947. The molecular formula is C19H23N3O. The number of rotatable bonds is 3. The van der Waals surface area contributed by atoms with Gasteiger partial charge in [0.15, 0.2) is 0 Å². The maximum Gasteiger partial charge on any atom is 0.220 e. The summed E-state index contributed by atoms with van der Waals surface area (Å²) >= 11 is 0. The van der Waals surface area contributed by atoms with Gasteiger partial charge in [-0.15, -0.1) is 0 Å². The van der Waals surface area contributed by atoms with E-state index in [9.17, 15) is 4.79 Å². The van der Waals surface area contributed by atoms with Crippen LogP contribution in [0.3, 0.4) is 0 Å². The molecule has 0 unspecified atom stereocenters.